The zero-order valence-electron chi connectivity index (χ0n) is 12.5. The predicted octanol–water partition coefficient (Wildman–Crippen LogP) is 3.91. The number of aromatic amines is 1. The van der Waals surface area contributed by atoms with Gasteiger partial charge in [0.15, 0.2) is 0 Å². The summed E-state index contributed by atoms with van der Waals surface area (Å²) in [6.07, 6.45) is -1.84. The Balaban J connectivity index is 1.74. The first-order valence-electron chi connectivity index (χ1n) is 7.31. The molecule has 1 aromatic carbocycles. The fraction of sp³-hybridized carbons (Fsp3) is 0.176. The summed E-state index contributed by atoms with van der Waals surface area (Å²) in [4.78, 5) is 19.1. The van der Waals surface area contributed by atoms with Gasteiger partial charge in [-0.15, -0.1) is 0 Å². The third-order valence-corrected chi connectivity index (χ3v) is 3.61. The molecule has 2 heterocycles. The first-order chi connectivity index (χ1) is 11.4. The van der Waals surface area contributed by atoms with Crippen LogP contribution in [0.4, 0.5) is 13.2 Å². The van der Waals surface area contributed by atoms with Gasteiger partial charge in [-0.25, -0.2) is 4.98 Å². The maximum absolute atomic E-state index is 12.1. The Kier molecular flexibility index (Phi) is 4.24. The average Bonchev–Trinajstić information content (AvgIpc) is 3.02. The SMILES string of the molecule is O=C(NCCC(F)(F)F)c1ccc(-c2ccnc3[nH]ccc23)cc1. The molecule has 2 N–H and O–H groups in total. The molecule has 0 atom stereocenters. The number of benzene rings is 1. The number of H-pyrrole nitrogens is 1. The third kappa shape index (κ3) is 3.56. The van der Waals surface area contributed by atoms with Crippen molar-refractivity contribution in [3.8, 4) is 11.1 Å². The molecule has 0 unspecified atom stereocenters. The number of hydrogen-bond donors (Lipinski definition) is 2. The first-order valence-corrected chi connectivity index (χ1v) is 7.31. The number of hydrogen-bond acceptors (Lipinski definition) is 2. The molecule has 0 aliphatic carbocycles. The highest BCUT2D eigenvalue weighted by Gasteiger charge is 2.26. The number of alkyl halides is 3. The Morgan fingerprint density at radius 1 is 1.12 bits per heavy atom. The topological polar surface area (TPSA) is 57.8 Å². The van der Waals surface area contributed by atoms with Gasteiger partial charge in [0.25, 0.3) is 5.91 Å². The van der Waals surface area contributed by atoms with Gasteiger partial charge in [-0.3, -0.25) is 4.79 Å². The molecule has 3 rings (SSSR count). The quantitative estimate of drug-likeness (QED) is 0.760. The summed E-state index contributed by atoms with van der Waals surface area (Å²) in [5.74, 6) is -0.521. The molecule has 0 saturated carbocycles. The maximum atomic E-state index is 12.1. The molecule has 2 aromatic heterocycles. The molecule has 0 saturated heterocycles. The molecule has 0 aliphatic rings. The van der Waals surface area contributed by atoms with Gasteiger partial charge in [-0.1, -0.05) is 12.1 Å². The molecule has 0 fully saturated rings. The van der Waals surface area contributed by atoms with Crippen molar-refractivity contribution >= 4 is 16.9 Å². The Hall–Kier alpha value is -2.83. The lowest BCUT2D eigenvalue weighted by Crippen LogP contribution is -2.27. The number of fused-ring (bicyclic) bond motifs is 1. The number of carbonyl (C=O) groups is 1. The van der Waals surface area contributed by atoms with Crippen LogP contribution in [0.25, 0.3) is 22.2 Å². The normalized spacial score (nSPS) is 11.6. The van der Waals surface area contributed by atoms with E-state index < -0.39 is 25.0 Å². The Bertz CT molecular complexity index is 853. The van der Waals surface area contributed by atoms with E-state index in [0.29, 0.717) is 5.56 Å². The van der Waals surface area contributed by atoms with Crippen LogP contribution in [-0.4, -0.2) is 28.6 Å². The number of carbonyl (C=O) groups excluding carboxylic acids is 1. The highest BCUT2D eigenvalue weighted by atomic mass is 19.4. The van der Waals surface area contributed by atoms with Crippen LogP contribution in [-0.2, 0) is 0 Å². The lowest BCUT2D eigenvalue weighted by Gasteiger charge is -2.09. The van der Waals surface area contributed by atoms with Crippen molar-refractivity contribution in [2.24, 2.45) is 0 Å². The van der Waals surface area contributed by atoms with E-state index in [4.69, 9.17) is 0 Å². The van der Waals surface area contributed by atoms with E-state index in [1.165, 1.54) is 0 Å². The van der Waals surface area contributed by atoms with E-state index in [9.17, 15) is 18.0 Å². The molecule has 124 valence electrons. The van der Waals surface area contributed by atoms with Crippen LogP contribution >= 0.6 is 0 Å². The fourth-order valence-corrected chi connectivity index (χ4v) is 2.43. The molecule has 24 heavy (non-hydrogen) atoms. The van der Waals surface area contributed by atoms with Crippen molar-refractivity contribution in [1.29, 1.82) is 0 Å². The highest BCUT2D eigenvalue weighted by Crippen LogP contribution is 2.27. The second-order valence-electron chi connectivity index (χ2n) is 5.30. The summed E-state index contributed by atoms with van der Waals surface area (Å²) < 4.78 is 36.3. The molecular formula is C17H14F3N3O. The number of aromatic nitrogens is 2. The Morgan fingerprint density at radius 3 is 2.58 bits per heavy atom. The van der Waals surface area contributed by atoms with Crippen molar-refractivity contribution in [3.63, 3.8) is 0 Å². The van der Waals surface area contributed by atoms with E-state index in [-0.39, 0.29) is 0 Å². The molecule has 4 nitrogen and oxygen atoms in total. The van der Waals surface area contributed by atoms with Crippen LogP contribution < -0.4 is 5.32 Å². The predicted molar refractivity (Wildman–Crippen MR) is 84.5 cm³/mol. The van der Waals surface area contributed by atoms with E-state index in [2.05, 4.69) is 15.3 Å². The van der Waals surface area contributed by atoms with Crippen molar-refractivity contribution in [3.05, 3.63) is 54.4 Å². The van der Waals surface area contributed by atoms with Crippen molar-refractivity contribution in [2.75, 3.05) is 6.54 Å². The van der Waals surface area contributed by atoms with Crippen molar-refractivity contribution in [1.82, 2.24) is 15.3 Å². The molecule has 3 aromatic rings. The molecule has 0 bridgehead atoms. The summed E-state index contributed by atoms with van der Waals surface area (Å²) in [5, 5.41) is 3.22. The monoisotopic (exact) mass is 333 g/mol. The average molecular weight is 333 g/mol. The minimum Gasteiger partial charge on any atom is -0.352 e. The van der Waals surface area contributed by atoms with Gasteiger partial charge in [0.05, 0.1) is 6.42 Å². The van der Waals surface area contributed by atoms with Gasteiger partial charge < -0.3 is 10.3 Å². The number of amides is 1. The van der Waals surface area contributed by atoms with Gasteiger partial charge in [0, 0.05) is 29.9 Å². The van der Waals surface area contributed by atoms with E-state index >= 15 is 0 Å². The number of rotatable bonds is 4. The van der Waals surface area contributed by atoms with Crippen LogP contribution in [0.5, 0.6) is 0 Å². The van der Waals surface area contributed by atoms with Crippen LogP contribution in [0.2, 0.25) is 0 Å². The van der Waals surface area contributed by atoms with Crippen molar-refractivity contribution < 1.29 is 18.0 Å². The first kappa shape index (κ1) is 16.0. The molecule has 0 spiro atoms. The van der Waals surface area contributed by atoms with Gasteiger partial charge in [0.1, 0.15) is 5.65 Å². The molecule has 1 amide bonds. The Morgan fingerprint density at radius 2 is 1.88 bits per heavy atom. The van der Waals surface area contributed by atoms with Gasteiger partial charge >= 0.3 is 6.18 Å². The summed E-state index contributed by atoms with van der Waals surface area (Å²) in [6, 6.07) is 10.5. The van der Waals surface area contributed by atoms with Crippen LogP contribution in [0, 0.1) is 0 Å². The lowest BCUT2D eigenvalue weighted by molar-refractivity contribution is -0.132. The van der Waals surface area contributed by atoms with E-state index in [1.807, 2.05) is 12.1 Å². The molecule has 0 aliphatic heterocycles. The summed E-state index contributed by atoms with van der Waals surface area (Å²) >= 11 is 0. The second-order valence-corrected chi connectivity index (χ2v) is 5.30. The van der Waals surface area contributed by atoms with Gasteiger partial charge in [-0.2, -0.15) is 13.2 Å². The molecular weight excluding hydrogens is 319 g/mol. The van der Waals surface area contributed by atoms with Crippen molar-refractivity contribution in [2.45, 2.75) is 12.6 Å². The Labute approximate surface area is 135 Å². The zero-order chi connectivity index (χ0) is 17.2. The number of pyridine rings is 1. The summed E-state index contributed by atoms with van der Waals surface area (Å²) in [5.41, 5.74) is 2.95. The van der Waals surface area contributed by atoms with Gasteiger partial charge in [-0.05, 0) is 35.4 Å². The summed E-state index contributed by atoms with van der Waals surface area (Å²) in [7, 11) is 0. The standard InChI is InChI=1S/C17H14F3N3O/c18-17(19,20)7-10-23-16(24)12-3-1-11(2-4-12)13-5-8-21-15-14(13)6-9-22-15/h1-6,8-9H,7,10H2,(H,21,22)(H,23,24). The number of halogens is 3. The highest BCUT2D eigenvalue weighted by molar-refractivity contribution is 5.96. The van der Waals surface area contributed by atoms with Crippen LogP contribution in [0.15, 0.2) is 48.8 Å². The molecule has 0 radical (unpaired) electrons. The summed E-state index contributed by atoms with van der Waals surface area (Å²) in [6.45, 7) is -0.432. The third-order valence-electron chi connectivity index (χ3n) is 3.61. The minimum absolute atomic E-state index is 0.320. The number of nitrogens with one attached hydrogen (secondary N) is 2. The van der Waals surface area contributed by atoms with Crippen LogP contribution in [0.3, 0.4) is 0 Å². The second kappa shape index (κ2) is 6.35. The van der Waals surface area contributed by atoms with Crippen LogP contribution in [0.1, 0.15) is 16.8 Å². The van der Waals surface area contributed by atoms with E-state index in [0.717, 1.165) is 22.2 Å². The maximum Gasteiger partial charge on any atom is 0.390 e. The number of nitrogens with zero attached hydrogens (tertiary/aromatic N) is 1. The lowest BCUT2D eigenvalue weighted by atomic mass is 10.0. The fourth-order valence-electron chi connectivity index (χ4n) is 2.43. The molecule has 7 heteroatoms. The van der Waals surface area contributed by atoms with E-state index in [1.54, 1.807) is 36.7 Å². The largest absolute Gasteiger partial charge is 0.390 e. The zero-order valence-corrected chi connectivity index (χ0v) is 12.5. The van der Waals surface area contributed by atoms with Gasteiger partial charge in [0.2, 0.25) is 0 Å². The smallest absolute Gasteiger partial charge is 0.352 e. The minimum atomic E-state index is -4.28.